The summed E-state index contributed by atoms with van der Waals surface area (Å²) in [6.45, 7) is 3.75. The summed E-state index contributed by atoms with van der Waals surface area (Å²) in [5.74, 6) is 3.35. The molecule has 0 unspecified atom stereocenters. The Hall–Kier alpha value is -1.88. The largest absolute Gasteiger partial charge is 0.343 e. The second-order valence-corrected chi connectivity index (χ2v) is 4.80. The zero-order valence-corrected chi connectivity index (χ0v) is 10.7. The van der Waals surface area contributed by atoms with E-state index in [1.165, 1.54) is 5.56 Å². The smallest absolute Gasteiger partial charge is 0.323 e. The van der Waals surface area contributed by atoms with Crippen LogP contribution in [0.1, 0.15) is 25.8 Å². The molecular formula is C13H19N3O2. The summed E-state index contributed by atoms with van der Waals surface area (Å²) in [6, 6.07) is 9.97. The van der Waals surface area contributed by atoms with Crippen LogP contribution < -0.4 is 16.6 Å². The SMILES string of the molecule is CC(C)(CCc1ccccc1)NC(=O)C(=O)NN. The number of benzene rings is 1. The third-order valence-electron chi connectivity index (χ3n) is 2.67. The summed E-state index contributed by atoms with van der Waals surface area (Å²) in [5.41, 5.74) is 2.55. The molecule has 18 heavy (non-hydrogen) atoms. The molecule has 0 radical (unpaired) electrons. The van der Waals surface area contributed by atoms with Gasteiger partial charge in [0.25, 0.3) is 0 Å². The van der Waals surface area contributed by atoms with E-state index in [9.17, 15) is 9.59 Å². The van der Waals surface area contributed by atoms with Gasteiger partial charge in [-0.3, -0.25) is 15.0 Å². The molecule has 0 aliphatic rings. The van der Waals surface area contributed by atoms with Crippen LogP contribution in [0.4, 0.5) is 0 Å². The first-order chi connectivity index (χ1) is 8.44. The van der Waals surface area contributed by atoms with Gasteiger partial charge in [0.2, 0.25) is 0 Å². The summed E-state index contributed by atoms with van der Waals surface area (Å²) in [7, 11) is 0. The Balaban J connectivity index is 2.49. The molecule has 0 saturated carbocycles. The highest BCUT2D eigenvalue weighted by Gasteiger charge is 2.23. The zero-order valence-electron chi connectivity index (χ0n) is 10.7. The first-order valence-electron chi connectivity index (χ1n) is 5.81. The minimum absolute atomic E-state index is 0.459. The molecular weight excluding hydrogens is 230 g/mol. The van der Waals surface area contributed by atoms with Gasteiger partial charge in [-0.1, -0.05) is 30.3 Å². The highest BCUT2D eigenvalue weighted by atomic mass is 16.2. The lowest BCUT2D eigenvalue weighted by Crippen LogP contribution is -2.51. The molecule has 98 valence electrons. The third kappa shape index (κ3) is 4.55. The monoisotopic (exact) mass is 249 g/mol. The van der Waals surface area contributed by atoms with Crippen LogP contribution in [0.2, 0.25) is 0 Å². The highest BCUT2D eigenvalue weighted by molar-refractivity contribution is 6.35. The van der Waals surface area contributed by atoms with Gasteiger partial charge in [0, 0.05) is 5.54 Å². The Kier molecular flexibility index (Phi) is 4.85. The molecule has 0 aromatic heterocycles. The molecule has 5 heteroatoms. The number of rotatable bonds is 4. The molecule has 4 N–H and O–H groups in total. The molecule has 0 heterocycles. The van der Waals surface area contributed by atoms with E-state index in [0.29, 0.717) is 0 Å². The average Bonchev–Trinajstić information content (AvgIpc) is 2.36. The lowest BCUT2D eigenvalue weighted by molar-refractivity contribution is -0.140. The number of nitrogens with two attached hydrogens (primary N) is 1. The molecule has 1 aromatic carbocycles. The van der Waals surface area contributed by atoms with Crippen LogP contribution in [0.3, 0.4) is 0 Å². The Morgan fingerprint density at radius 3 is 2.33 bits per heavy atom. The summed E-state index contributed by atoms with van der Waals surface area (Å²) in [5, 5.41) is 2.65. The molecule has 0 atom stereocenters. The van der Waals surface area contributed by atoms with Gasteiger partial charge in [0.05, 0.1) is 0 Å². The van der Waals surface area contributed by atoms with Gasteiger partial charge in [-0.05, 0) is 32.3 Å². The molecule has 0 saturated heterocycles. The van der Waals surface area contributed by atoms with E-state index in [4.69, 9.17) is 5.84 Å². The van der Waals surface area contributed by atoms with Gasteiger partial charge in [0.1, 0.15) is 0 Å². The van der Waals surface area contributed by atoms with E-state index in [1.807, 2.05) is 49.6 Å². The Bertz CT molecular complexity index is 416. The summed E-state index contributed by atoms with van der Waals surface area (Å²) < 4.78 is 0. The lowest BCUT2D eigenvalue weighted by Gasteiger charge is -2.25. The summed E-state index contributed by atoms with van der Waals surface area (Å²) in [6.07, 6.45) is 1.57. The van der Waals surface area contributed by atoms with Crippen molar-refractivity contribution in [1.29, 1.82) is 0 Å². The second kappa shape index (κ2) is 6.16. The topological polar surface area (TPSA) is 84.2 Å². The molecule has 1 rings (SSSR count). The quantitative estimate of drug-likeness (QED) is 0.314. The molecule has 5 nitrogen and oxygen atoms in total. The number of carbonyl (C=O) groups excluding carboxylic acids is 2. The van der Waals surface area contributed by atoms with Crippen molar-refractivity contribution < 1.29 is 9.59 Å². The standard InChI is InChI=1S/C13H19N3O2/c1-13(2,15-11(17)12(18)16-14)9-8-10-6-4-3-5-7-10/h3-7H,8-9,14H2,1-2H3,(H,15,17)(H,16,18). The van der Waals surface area contributed by atoms with E-state index in [1.54, 1.807) is 0 Å². The van der Waals surface area contributed by atoms with Crippen molar-refractivity contribution in [3.05, 3.63) is 35.9 Å². The molecule has 0 bridgehead atoms. The fourth-order valence-corrected chi connectivity index (χ4v) is 1.59. The number of hydrogen-bond donors (Lipinski definition) is 3. The van der Waals surface area contributed by atoms with Gasteiger partial charge in [0.15, 0.2) is 0 Å². The maximum atomic E-state index is 11.4. The average molecular weight is 249 g/mol. The lowest BCUT2D eigenvalue weighted by atomic mass is 9.95. The van der Waals surface area contributed by atoms with Crippen LogP contribution >= 0.6 is 0 Å². The van der Waals surface area contributed by atoms with Crippen molar-refractivity contribution in [2.75, 3.05) is 0 Å². The van der Waals surface area contributed by atoms with E-state index >= 15 is 0 Å². The predicted molar refractivity (Wildman–Crippen MR) is 69.3 cm³/mol. The van der Waals surface area contributed by atoms with E-state index in [-0.39, 0.29) is 0 Å². The van der Waals surface area contributed by atoms with E-state index < -0.39 is 17.4 Å². The van der Waals surface area contributed by atoms with Crippen molar-refractivity contribution in [2.24, 2.45) is 5.84 Å². The van der Waals surface area contributed by atoms with Gasteiger partial charge >= 0.3 is 11.8 Å². The van der Waals surface area contributed by atoms with Crippen molar-refractivity contribution >= 4 is 11.8 Å². The molecule has 0 fully saturated rings. The van der Waals surface area contributed by atoms with Gasteiger partial charge in [-0.15, -0.1) is 0 Å². The van der Waals surface area contributed by atoms with E-state index in [2.05, 4.69) is 5.32 Å². The number of nitrogens with one attached hydrogen (secondary N) is 2. The van der Waals surface area contributed by atoms with Crippen molar-refractivity contribution in [2.45, 2.75) is 32.2 Å². The number of amides is 2. The van der Waals surface area contributed by atoms with Crippen molar-refractivity contribution in [3.8, 4) is 0 Å². The number of hydrogen-bond acceptors (Lipinski definition) is 3. The summed E-state index contributed by atoms with van der Waals surface area (Å²) in [4.78, 5) is 22.4. The Morgan fingerprint density at radius 1 is 1.17 bits per heavy atom. The zero-order chi connectivity index (χ0) is 13.6. The second-order valence-electron chi connectivity index (χ2n) is 4.80. The summed E-state index contributed by atoms with van der Waals surface area (Å²) >= 11 is 0. The fraction of sp³-hybridized carbons (Fsp3) is 0.385. The predicted octanol–water partition coefficient (Wildman–Crippen LogP) is 0.504. The molecule has 0 aliphatic carbocycles. The number of carbonyl (C=O) groups is 2. The van der Waals surface area contributed by atoms with Crippen LogP contribution in [0.25, 0.3) is 0 Å². The Labute approximate surface area is 107 Å². The van der Waals surface area contributed by atoms with Crippen molar-refractivity contribution in [3.63, 3.8) is 0 Å². The molecule has 0 aliphatic heterocycles. The van der Waals surface area contributed by atoms with Crippen LogP contribution in [0.15, 0.2) is 30.3 Å². The maximum absolute atomic E-state index is 11.4. The van der Waals surface area contributed by atoms with Crippen LogP contribution in [-0.2, 0) is 16.0 Å². The molecule has 1 aromatic rings. The van der Waals surface area contributed by atoms with Gasteiger partial charge in [-0.2, -0.15) is 0 Å². The van der Waals surface area contributed by atoms with Crippen molar-refractivity contribution in [1.82, 2.24) is 10.7 Å². The van der Waals surface area contributed by atoms with Crippen LogP contribution in [0.5, 0.6) is 0 Å². The van der Waals surface area contributed by atoms with Crippen LogP contribution in [-0.4, -0.2) is 17.4 Å². The first kappa shape index (κ1) is 14.2. The Morgan fingerprint density at radius 2 is 1.78 bits per heavy atom. The van der Waals surface area contributed by atoms with Crippen LogP contribution in [0, 0.1) is 0 Å². The molecule has 2 amide bonds. The maximum Gasteiger partial charge on any atom is 0.323 e. The fourth-order valence-electron chi connectivity index (χ4n) is 1.59. The molecule has 0 spiro atoms. The van der Waals surface area contributed by atoms with Gasteiger partial charge in [-0.25, -0.2) is 5.84 Å². The minimum atomic E-state index is -0.831. The normalized spacial score (nSPS) is 10.8. The third-order valence-corrected chi connectivity index (χ3v) is 2.67. The van der Waals surface area contributed by atoms with Gasteiger partial charge < -0.3 is 5.32 Å². The number of aryl methyl sites for hydroxylation is 1. The minimum Gasteiger partial charge on any atom is -0.343 e. The highest BCUT2D eigenvalue weighted by Crippen LogP contribution is 2.13. The van der Waals surface area contributed by atoms with E-state index in [0.717, 1.165) is 12.8 Å². The first-order valence-corrected chi connectivity index (χ1v) is 5.81. The number of hydrazine groups is 1.